The Balaban J connectivity index is 2.15. The Morgan fingerprint density at radius 1 is 1.17 bits per heavy atom. The van der Waals surface area contributed by atoms with Crippen molar-refractivity contribution in [2.24, 2.45) is 0 Å². The molecule has 1 unspecified atom stereocenters. The fourth-order valence-corrected chi connectivity index (χ4v) is 3.80. The van der Waals surface area contributed by atoms with Crippen molar-refractivity contribution in [2.45, 2.75) is 26.1 Å². The summed E-state index contributed by atoms with van der Waals surface area (Å²) in [6.07, 6.45) is 2.20. The van der Waals surface area contributed by atoms with Crippen LogP contribution in [0.1, 0.15) is 26.3 Å². The van der Waals surface area contributed by atoms with Crippen LogP contribution in [0.4, 0.5) is 0 Å². The minimum absolute atomic E-state index is 0.451. The van der Waals surface area contributed by atoms with E-state index >= 15 is 0 Å². The van der Waals surface area contributed by atoms with E-state index in [0.717, 1.165) is 0 Å². The molecule has 1 aromatic rings. The zero-order valence-electron chi connectivity index (χ0n) is 10.9. The van der Waals surface area contributed by atoms with Gasteiger partial charge in [0.25, 0.3) is 5.82 Å². The summed E-state index contributed by atoms with van der Waals surface area (Å²) in [6, 6.07) is 10.6. The summed E-state index contributed by atoms with van der Waals surface area (Å²) in [5.74, 6) is 1.23. The van der Waals surface area contributed by atoms with E-state index < -0.39 is 0 Å². The van der Waals surface area contributed by atoms with Crippen LogP contribution in [0.3, 0.4) is 0 Å². The Labute approximate surface area is 112 Å². The highest BCUT2D eigenvalue weighted by atomic mass is 32.2. The van der Waals surface area contributed by atoms with E-state index in [1.165, 1.54) is 27.7 Å². The summed E-state index contributed by atoms with van der Waals surface area (Å²) in [6.45, 7) is 6.54. The first kappa shape index (κ1) is 11.6. The fourth-order valence-electron chi connectivity index (χ4n) is 2.55. The van der Waals surface area contributed by atoms with Crippen LogP contribution in [-0.2, 0) is 0 Å². The molecule has 3 heteroatoms. The fraction of sp³-hybridized carbons (Fsp3) is 0.267. The largest absolute Gasteiger partial charge is 0.295 e. The number of hydrogen-bond donors (Lipinski definition) is 1. The Kier molecular flexibility index (Phi) is 2.78. The molecule has 0 amide bonds. The Morgan fingerprint density at radius 2 is 1.89 bits per heavy atom. The molecule has 0 bridgehead atoms. The van der Waals surface area contributed by atoms with Gasteiger partial charge < -0.3 is 0 Å². The second kappa shape index (κ2) is 4.32. The Morgan fingerprint density at radius 3 is 2.61 bits per heavy atom. The van der Waals surface area contributed by atoms with Crippen LogP contribution in [-0.4, -0.2) is 15.7 Å². The topological polar surface area (TPSA) is 15.0 Å². The van der Waals surface area contributed by atoms with Gasteiger partial charge in [0.2, 0.25) is 0 Å². The molecule has 0 spiro atoms. The summed E-state index contributed by atoms with van der Waals surface area (Å²) in [5, 5.41) is 3.96. The summed E-state index contributed by atoms with van der Waals surface area (Å²) < 4.78 is 2.38. The quantitative estimate of drug-likeness (QED) is 0.776. The first-order chi connectivity index (χ1) is 8.66. The number of benzene rings is 1. The van der Waals surface area contributed by atoms with Crippen LogP contribution in [0.2, 0.25) is 0 Å². The lowest BCUT2D eigenvalue weighted by molar-refractivity contribution is -0.489. The van der Waals surface area contributed by atoms with Gasteiger partial charge in [-0.3, -0.25) is 0 Å². The summed E-state index contributed by atoms with van der Waals surface area (Å²) in [5.41, 5.74) is 3.82. The second-order valence-electron chi connectivity index (χ2n) is 4.72. The summed E-state index contributed by atoms with van der Waals surface area (Å²) >= 11 is 1.92. The van der Waals surface area contributed by atoms with Gasteiger partial charge in [-0.25, -0.2) is 9.89 Å². The zero-order valence-corrected chi connectivity index (χ0v) is 11.7. The van der Waals surface area contributed by atoms with Crippen LogP contribution in [0, 0.1) is 0 Å². The zero-order chi connectivity index (χ0) is 12.7. The molecule has 2 aliphatic heterocycles. The number of rotatable bonds is 1. The van der Waals surface area contributed by atoms with Gasteiger partial charge in [0, 0.05) is 6.08 Å². The van der Waals surface area contributed by atoms with Crippen molar-refractivity contribution < 1.29 is 4.58 Å². The summed E-state index contributed by atoms with van der Waals surface area (Å²) in [4.78, 5) is 1.34. The maximum absolute atomic E-state index is 3.51. The average molecular weight is 257 g/mol. The van der Waals surface area contributed by atoms with Crippen molar-refractivity contribution in [3.8, 4) is 0 Å². The van der Waals surface area contributed by atoms with Gasteiger partial charge >= 0.3 is 0 Å². The van der Waals surface area contributed by atoms with Crippen LogP contribution < -0.4 is 5.32 Å². The van der Waals surface area contributed by atoms with Crippen LogP contribution in [0.5, 0.6) is 0 Å². The molecule has 0 fully saturated rings. The highest BCUT2D eigenvalue weighted by molar-refractivity contribution is 8.08. The molecule has 3 rings (SSSR count). The van der Waals surface area contributed by atoms with Gasteiger partial charge in [-0.2, -0.15) is 0 Å². The monoisotopic (exact) mass is 257 g/mol. The van der Waals surface area contributed by atoms with Gasteiger partial charge in [0.1, 0.15) is 21.7 Å². The lowest BCUT2D eigenvalue weighted by Crippen LogP contribution is -2.32. The van der Waals surface area contributed by atoms with Gasteiger partial charge in [-0.05, 0) is 26.3 Å². The smallest absolute Gasteiger partial charge is 0.244 e. The molecule has 0 saturated heterocycles. The Bertz CT molecular complexity index is 582. The summed E-state index contributed by atoms with van der Waals surface area (Å²) in [7, 11) is 0. The molecule has 1 N–H and O–H groups in total. The molecule has 0 saturated carbocycles. The van der Waals surface area contributed by atoms with Gasteiger partial charge in [-0.15, -0.1) is 0 Å². The van der Waals surface area contributed by atoms with Gasteiger partial charge in [-0.1, -0.05) is 42.1 Å². The first-order valence-electron chi connectivity index (χ1n) is 6.21. The predicted molar refractivity (Wildman–Crippen MR) is 78.2 cm³/mol. The van der Waals surface area contributed by atoms with Crippen molar-refractivity contribution >= 4 is 22.4 Å². The minimum Gasteiger partial charge on any atom is -0.244 e. The molecule has 92 valence electrons. The van der Waals surface area contributed by atoms with E-state index in [1.54, 1.807) is 0 Å². The normalized spacial score (nSPS) is 22.8. The predicted octanol–water partition coefficient (Wildman–Crippen LogP) is 3.39. The van der Waals surface area contributed by atoms with Gasteiger partial charge in [0.15, 0.2) is 0 Å². The highest BCUT2D eigenvalue weighted by Crippen LogP contribution is 2.41. The molecule has 1 atom stereocenters. The molecule has 0 radical (unpaired) electrons. The molecular formula is C15H17N2S+. The SMILES string of the molecule is CC1=CC(C)=[N+]2C(=C(c3ccccc3)SC2C)N1. The maximum atomic E-state index is 3.51. The van der Waals surface area contributed by atoms with E-state index in [4.69, 9.17) is 0 Å². The molecular weight excluding hydrogens is 240 g/mol. The molecule has 18 heavy (non-hydrogen) atoms. The second-order valence-corrected chi connectivity index (χ2v) is 6.05. The number of thioether (sulfide) groups is 1. The molecule has 0 aliphatic carbocycles. The third-order valence-electron chi connectivity index (χ3n) is 3.26. The van der Waals surface area contributed by atoms with E-state index in [1.807, 2.05) is 11.8 Å². The van der Waals surface area contributed by atoms with Crippen molar-refractivity contribution in [2.75, 3.05) is 0 Å². The van der Waals surface area contributed by atoms with Crippen molar-refractivity contribution in [3.05, 3.63) is 53.5 Å². The van der Waals surface area contributed by atoms with E-state index in [-0.39, 0.29) is 0 Å². The van der Waals surface area contributed by atoms with Crippen LogP contribution >= 0.6 is 11.8 Å². The molecule has 1 aromatic carbocycles. The average Bonchev–Trinajstić information content (AvgIpc) is 2.67. The standard InChI is InChI=1S/C15H16N2S/c1-10-9-11(2)17-12(3)18-14(15(17)16-10)13-7-5-4-6-8-13/h4-9,12H,1-3H3/p+1. The van der Waals surface area contributed by atoms with E-state index in [9.17, 15) is 0 Å². The lowest BCUT2D eigenvalue weighted by Gasteiger charge is -2.14. The molecule has 2 heterocycles. The van der Waals surface area contributed by atoms with E-state index in [0.29, 0.717) is 5.37 Å². The lowest BCUT2D eigenvalue weighted by atomic mass is 10.2. The third-order valence-corrected chi connectivity index (χ3v) is 4.48. The van der Waals surface area contributed by atoms with Crippen molar-refractivity contribution in [1.82, 2.24) is 5.32 Å². The van der Waals surface area contributed by atoms with Crippen molar-refractivity contribution in [3.63, 3.8) is 0 Å². The number of nitrogens with one attached hydrogen (secondary N) is 1. The minimum atomic E-state index is 0.451. The Hall–Kier alpha value is -1.48. The number of nitrogens with zero attached hydrogens (tertiary/aromatic N) is 1. The highest BCUT2D eigenvalue weighted by Gasteiger charge is 2.37. The molecule has 0 aromatic heterocycles. The third kappa shape index (κ3) is 1.79. The van der Waals surface area contributed by atoms with Crippen molar-refractivity contribution in [1.29, 1.82) is 0 Å². The van der Waals surface area contributed by atoms with Gasteiger partial charge in [0.05, 0.1) is 0 Å². The number of hydrogen-bond acceptors (Lipinski definition) is 2. The maximum Gasteiger partial charge on any atom is 0.295 e. The molecule has 2 nitrogen and oxygen atoms in total. The number of fused-ring (bicyclic) bond motifs is 1. The molecule has 2 aliphatic rings. The number of allylic oxidation sites excluding steroid dienone is 2. The first-order valence-corrected chi connectivity index (χ1v) is 7.09. The van der Waals surface area contributed by atoms with Crippen LogP contribution in [0.25, 0.3) is 4.91 Å². The van der Waals surface area contributed by atoms with E-state index in [2.05, 4.69) is 67.1 Å². The van der Waals surface area contributed by atoms with Crippen LogP contribution in [0.15, 0.2) is 47.9 Å².